The van der Waals surface area contributed by atoms with Gasteiger partial charge in [0.05, 0.1) is 5.56 Å². The molecule has 1 aromatic carbocycles. The van der Waals surface area contributed by atoms with E-state index in [0.29, 0.717) is 17.3 Å². The van der Waals surface area contributed by atoms with Crippen molar-refractivity contribution >= 4 is 27.8 Å². The van der Waals surface area contributed by atoms with Crippen LogP contribution < -0.4 is 5.32 Å². The van der Waals surface area contributed by atoms with Crippen molar-refractivity contribution in [1.82, 2.24) is 5.32 Å². The molecule has 2 N–H and O–H groups in total. The maximum absolute atomic E-state index is 13.5. The second-order valence-corrected chi connectivity index (χ2v) is 4.60. The van der Waals surface area contributed by atoms with E-state index >= 15 is 0 Å². The first-order valence-corrected chi connectivity index (χ1v) is 6.24. The van der Waals surface area contributed by atoms with Gasteiger partial charge in [-0.3, -0.25) is 4.79 Å². The van der Waals surface area contributed by atoms with Crippen LogP contribution in [0.5, 0.6) is 0 Å². The fourth-order valence-electron chi connectivity index (χ4n) is 1.49. The van der Waals surface area contributed by atoms with E-state index in [1.807, 2.05) is 0 Å². The highest BCUT2D eigenvalue weighted by molar-refractivity contribution is 9.10. The van der Waals surface area contributed by atoms with Crippen molar-refractivity contribution in [2.24, 2.45) is 0 Å². The Bertz CT molecular complexity index is 444. The zero-order valence-corrected chi connectivity index (χ0v) is 11.3. The van der Waals surface area contributed by atoms with Crippen molar-refractivity contribution in [1.29, 1.82) is 0 Å². The van der Waals surface area contributed by atoms with Crippen LogP contribution in [0, 0.1) is 5.82 Å². The van der Waals surface area contributed by atoms with Gasteiger partial charge >= 0.3 is 5.97 Å². The number of hydrogen-bond acceptors (Lipinski definition) is 2. The molecule has 0 fully saturated rings. The lowest BCUT2D eigenvalue weighted by molar-refractivity contribution is -0.139. The van der Waals surface area contributed by atoms with Gasteiger partial charge in [-0.15, -0.1) is 0 Å². The number of carboxylic acids is 1. The van der Waals surface area contributed by atoms with Crippen LogP contribution in [-0.2, 0) is 4.79 Å². The molecule has 98 valence electrons. The lowest BCUT2D eigenvalue weighted by Crippen LogP contribution is -2.41. The van der Waals surface area contributed by atoms with E-state index in [4.69, 9.17) is 5.11 Å². The van der Waals surface area contributed by atoms with Crippen molar-refractivity contribution in [3.05, 3.63) is 34.1 Å². The molecule has 18 heavy (non-hydrogen) atoms. The number of halogens is 2. The molecule has 0 saturated carbocycles. The highest BCUT2D eigenvalue weighted by atomic mass is 79.9. The zero-order chi connectivity index (χ0) is 13.7. The Morgan fingerprint density at radius 3 is 2.67 bits per heavy atom. The van der Waals surface area contributed by atoms with E-state index < -0.39 is 23.7 Å². The lowest BCUT2D eigenvalue weighted by Gasteiger charge is -2.14. The number of nitrogens with one attached hydrogen (secondary N) is 1. The summed E-state index contributed by atoms with van der Waals surface area (Å²) >= 11 is 3.07. The van der Waals surface area contributed by atoms with Crippen LogP contribution in [-0.4, -0.2) is 23.0 Å². The molecule has 6 heteroatoms. The minimum Gasteiger partial charge on any atom is -0.480 e. The van der Waals surface area contributed by atoms with Crippen LogP contribution in [0.15, 0.2) is 22.7 Å². The third-order valence-corrected chi connectivity index (χ3v) is 3.03. The number of aliphatic carboxylic acids is 1. The molecular weight excluding hydrogens is 305 g/mol. The average molecular weight is 318 g/mol. The lowest BCUT2D eigenvalue weighted by atomic mass is 10.1. The van der Waals surface area contributed by atoms with Crippen LogP contribution in [0.25, 0.3) is 0 Å². The highest BCUT2D eigenvalue weighted by Gasteiger charge is 2.22. The molecule has 4 nitrogen and oxygen atoms in total. The molecule has 0 heterocycles. The van der Waals surface area contributed by atoms with Crippen LogP contribution in [0.3, 0.4) is 0 Å². The predicted octanol–water partition coefficient (Wildman–Crippen LogP) is 2.57. The Hall–Kier alpha value is -1.43. The molecule has 1 unspecified atom stereocenters. The van der Waals surface area contributed by atoms with E-state index in [9.17, 15) is 14.0 Å². The Kier molecular flexibility index (Phi) is 5.27. The third kappa shape index (κ3) is 3.53. The SMILES string of the molecule is CCCC(NC(=O)c1c(F)cccc1Br)C(=O)O. The van der Waals surface area contributed by atoms with Gasteiger partial charge in [0.25, 0.3) is 5.91 Å². The first kappa shape index (κ1) is 14.6. The molecule has 1 amide bonds. The van der Waals surface area contributed by atoms with Gasteiger partial charge in [-0.1, -0.05) is 19.4 Å². The summed E-state index contributed by atoms with van der Waals surface area (Å²) in [6, 6.07) is 3.12. The van der Waals surface area contributed by atoms with E-state index in [1.165, 1.54) is 12.1 Å². The number of hydrogen-bond donors (Lipinski definition) is 2. The maximum atomic E-state index is 13.5. The standard InChI is InChI=1S/C12H13BrFNO3/c1-2-4-9(12(17)18)15-11(16)10-7(13)5-3-6-8(10)14/h3,5-6,9H,2,4H2,1H3,(H,15,16)(H,17,18). The second-order valence-electron chi connectivity index (χ2n) is 3.75. The van der Waals surface area contributed by atoms with Gasteiger partial charge in [0, 0.05) is 4.47 Å². The number of amides is 1. The summed E-state index contributed by atoms with van der Waals surface area (Å²) in [5, 5.41) is 11.2. The first-order valence-electron chi connectivity index (χ1n) is 5.45. The molecule has 0 aliphatic carbocycles. The zero-order valence-electron chi connectivity index (χ0n) is 9.74. The van der Waals surface area contributed by atoms with E-state index in [0.717, 1.165) is 6.07 Å². The van der Waals surface area contributed by atoms with Crippen LogP contribution in [0.1, 0.15) is 30.1 Å². The van der Waals surface area contributed by atoms with Crippen LogP contribution in [0.4, 0.5) is 4.39 Å². The molecule has 0 saturated heterocycles. The molecular formula is C12H13BrFNO3. The van der Waals surface area contributed by atoms with E-state index in [2.05, 4.69) is 21.2 Å². The fourth-order valence-corrected chi connectivity index (χ4v) is 2.01. The molecule has 1 atom stereocenters. The number of rotatable bonds is 5. The summed E-state index contributed by atoms with van der Waals surface area (Å²) in [4.78, 5) is 22.7. The summed E-state index contributed by atoms with van der Waals surface area (Å²) in [5.74, 6) is -2.55. The highest BCUT2D eigenvalue weighted by Crippen LogP contribution is 2.19. The summed E-state index contributed by atoms with van der Waals surface area (Å²) < 4.78 is 13.8. The number of carboxylic acid groups (broad SMARTS) is 1. The van der Waals surface area contributed by atoms with Crippen molar-refractivity contribution in [2.75, 3.05) is 0 Å². The fraction of sp³-hybridized carbons (Fsp3) is 0.333. The molecule has 0 aliphatic heterocycles. The minimum absolute atomic E-state index is 0.181. The number of carbonyl (C=O) groups excluding carboxylic acids is 1. The largest absolute Gasteiger partial charge is 0.480 e. The molecule has 0 aliphatic rings. The topological polar surface area (TPSA) is 66.4 Å². The number of benzene rings is 1. The van der Waals surface area contributed by atoms with Gasteiger partial charge in [-0.25, -0.2) is 9.18 Å². The van der Waals surface area contributed by atoms with Gasteiger partial charge in [-0.05, 0) is 34.5 Å². The molecule has 0 radical (unpaired) electrons. The van der Waals surface area contributed by atoms with Crippen molar-refractivity contribution in [2.45, 2.75) is 25.8 Å². The van der Waals surface area contributed by atoms with E-state index in [-0.39, 0.29) is 5.56 Å². The van der Waals surface area contributed by atoms with Crippen LogP contribution in [0.2, 0.25) is 0 Å². The number of carbonyl (C=O) groups is 2. The molecule has 0 spiro atoms. The molecule has 0 aromatic heterocycles. The summed E-state index contributed by atoms with van der Waals surface area (Å²) in [7, 11) is 0. The summed E-state index contributed by atoms with van der Waals surface area (Å²) in [6.07, 6.45) is 0.906. The smallest absolute Gasteiger partial charge is 0.326 e. The van der Waals surface area contributed by atoms with Gasteiger partial charge in [-0.2, -0.15) is 0 Å². The Balaban J connectivity index is 2.90. The quantitative estimate of drug-likeness (QED) is 0.877. The molecule has 0 bridgehead atoms. The second kappa shape index (κ2) is 6.49. The first-order chi connectivity index (χ1) is 8.47. The Labute approximate surface area is 112 Å². The predicted molar refractivity (Wildman–Crippen MR) is 67.9 cm³/mol. The van der Waals surface area contributed by atoms with E-state index in [1.54, 1.807) is 6.92 Å². The third-order valence-electron chi connectivity index (χ3n) is 2.37. The minimum atomic E-state index is -1.13. The van der Waals surface area contributed by atoms with Crippen molar-refractivity contribution in [3.8, 4) is 0 Å². The van der Waals surface area contributed by atoms with Crippen molar-refractivity contribution in [3.63, 3.8) is 0 Å². The maximum Gasteiger partial charge on any atom is 0.326 e. The van der Waals surface area contributed by atoms with Gasteiger partial charge < -0.3 is 10.4 Å². The van der Waals surface area contributed by atoms with Crippen molar-refractivity contribution < 1.29 is 19.1 Å². The van der Waals surface area contributed by atoms with Gasteiger partial charge in [0.15, 0.2) is 0 Å². The normalized spacial score (nSPS) is 11.9. The van der Waals surface area contributed by atoms with Crippen LogP contribution >= 0.6 is 15.9 Å². The van der Waals surface area contributed by atoms with Gasteiger partial charge in [0.2, 0.25) is 0 Å². The monoisotopic (exact) mass is 317 g/mol. The summed E-state index contributed by atoms with van der Waals surface area (Å²) in [5.41, 5.74) is -0.181. The van der Waals surface area contributed by atoms with Gasteiger partial charge in [0.1, 0.15) is 11.9 Å². The molecule has 1 aromatic rings. The molecule has 1 rings (SSSR count). The average Bonchev–Trinajstić information content (AvgIpc) is 2.28. The summed E-state index contributed by atoms with van der Waals surface area (Å²) in [6.45, 7) is 1.81. The Morgan fingerprint density at radius 2 is 2.17 bits per heavy atom. The Morgan fingerprint density at radius 1 is 1.50 bits per heavy atom.